The Bertz CT molecular complexity index is 590. The van der Waals surface area contributed by atoms with E-state index in [4.69, 9.17) is 0 Å². The van der Waals surface area contributed by atoms with Gasteiger partial charge in [-0.05, 0) is 52.2 Å². The fourth-order valence-electron chi connectivity index (χ4n) is 2.08. The van der Waals surface area contributed by atoms with Crippen LogP contribution in [0.25, 0.3) is 0 Å². The molecule has 0 amide bonds. The van der Waals surface area contributed by atoms with Gasteiger partial charge in [0.25, 0.3) is 0 Å². The SMILES string of the molecule is CCNC(Cc1ccc(F)cc1F)c1cncc(Br)c1. The first kappa shape index (κ1) is 15.1. The second-order valence-electron chi connectivity index (χ2n) is 4.49. The quantitative estimate of drug-likeness (QED) is 0.889. The molecule has 1 aromatic heterocycles. The maximum atomic E-state index is 13.8. The lowest BCUT2D eigenvalue weighted by atomic mass is 9.99. The summed E-state index contributed by atoms with van der Waals surface area (Å²) in [5, 5.41) is 3.30. The molecule has 1 heterocycles. The standard InChI is InChI=1S/C15H15BrF2N2/c1-2-20-15(11-5-12(16)9-19-8-11)6-10-3-4-13(17)7-14(10)18/h3-5,7-9,15,20H,2,6H2,1H3. The van der Waals surface area contributed by atoms with Gasteiger partial charge in [-0.2, -0.15) is 0 Å². The molecule has 2 aromatic rings. The summed E-state index contributed by atoms with van der Waals surface area (Å²) in [6.45, 7) is 2.74. The van der Waals surface area contributed by atoms with Gasteiger partial charge in [-0.15, -0.1) is 0 Å². The van der Waals surface area contributed by atoms with Crippen LogP contribution < -0.4 is 5.32 Å². The second-order valence-corrected chi connectivity index (χ2v) is 5.40. The lowest BCUT2D eigenvalue weighted by Gasteiger charge is -2.18. The molecule has 1 atom stereocenters. The molecule has 0 aliphatic carbocycles. The molecule has 2 rings (SSSR count). The average Bonchev–Trinajstić information content (AvgIpc) is 2.41. The molecule has 2 nitrogen and oxygen atoms in total. The Balaban J connectivity index is 2.25. The number of rotatable bonds is 5. The minimum atomic E-state index is -0.560. The molecule has 106 valence electrons. The highest BCUT2D eigenvalue weighted by molar-refractivity contribution is 9.10. The number of nitrogens with zero attached hydrogens (tertiary/aromatic N) is 1. The van der Waals surface area contributed by atoms with Gasteiger partial charge in [-0.25, -0.2) is 8.78 Å². The summed E-state index contributed by atoms with van der Waals surface area (Å²) in [7, 11) is 0. The maximum absolute atomic E-state index is 13.8. The summed E-state index contributed by atoms with van der Waals surface area (Å²) >= 11 is 3.38. The Hall–Kier alpha value is -1.33. The summed E-state index contributed by atoms with van der Waals surface area (Å²) in [6, 6.07) is 5.56. The Labute approximate surface area is 125 Å². The molecule has 0 saturated carbocycles. The van der Waals surface area contributed by atoms with Gasteiger partial charge < -0.3 is 5.32 Å². The minimum absolute atomic E-state index is 0.0649. The van der Waals surface area contributed by atoms with Crippen LogP contribution in [0.5, 0.6) is 0 Å². The summed E-state index contributed by atoms with van der Waals surface area (Å²) in [5.41, 5.74) is 1.45. The third-order valence-electron chi connectivity index (χ3n) is 3.02. The number of aromatic nitrogens is 1. The number of likely N-dealkylation sites (N-methyl/N-ethyl adjacent to an activating group) is 1. The van der Waals surface area contributed by atoms with E-state index in [2.05, 4.69) is 26.2 Å². The summed E-state index contributed by atoms with van der Waals surface area (Å²) < 4.78 is 27.6. The van der Waals surface area contributed by atoms with Gasteiger partial charge in [0.15, 0.2) is 0 Å². The Morgan fingerprint density at radius 2 is 2.05 bits per heavy atom. The van der Waals surface area contributed by atoms with E-state index in [0.717, 1.165) is 22.6 Å². The van der Waals surface area contributed by atoms with E-state index in [-0.39, 0.29) is 6.04 Å². The number of hydrogen-bond donors (Lipinski definition) is 1. The van der Waals surface area contributed by atoms with E-state index in [9.17, 15) is 8.78 Å². The van der Waals surface area contributed by atoms with Crippen LogP contribution >= 0.6 is 15.9 Å². The molecule has 0 fully saturated rings. The molecule has 0 spiro atoms. The minimum Gasteiger partial charge on any atom is -0.310 e. The van der Waals surface area contributed by atoms with Crippen molar-refractivity contribution < 1.29 is 8.78 Å². The molecule has 0 radical (unpaired) electrons. The number of halogens is 3. The number of pyridine rings is 1. The number of benzene rings is 1. The highest BCUT2D eigenvalue weighted by Gasteiger charge is 2.14. The molecule has 5 heteroatoms. The van der Waals surface area contributed by atoms with Gasteiger partial charge in [-0.1, -0.05) is 13.0 Å². The third kappa shape index (κ3) is 3.84. The van der Waals surface area contributed by atoms with Crippen LogP contribution in [0.1, 0.15) is 24.1 Å². The smallest absolute Gasteiger partial charge is 0.129 e. The molecule has 1 N–H and O–H groups in total. The van der Waals surface area contributed by atoms with Crippen molar-refractivity contribution in [1.29, 1.82) is 0 Å². The van der Waals surface area contributed by atoms with Crippen LogP contribution in [0.3, 0.4) is 0 Å². The van der Waals surface area contributed by atoms with Gasteiger partial charge in [0, 0.05) is 29.0 Å². The van der Waals surface area contributed by atoms with Crippen molar-refractivity contribution in [3.63, 3.8) is 0 Å². The summed E-state index contributed by atoms with van der Waals surface area (Å²) in [5.74, 6) is -1.08. The molecule has 0 aliphatic rings. The fourth-order valence-corrected chi connectivity index (χ4v) is 2.46. The first-order valence-corrected chi connectivity index (χ1v) is 7.17. The lowest BCUT2D eigenvalue weighted by Crippen LogP contribution is -2.23. The van der Waals surface area contributed by atoms with Crippen LogP contribution in [0, 0.1) is 11.6 Å². The fraction of sp³-hybridized carbons (Fsp3) is 0.267. The zero-order valence-corrected chi connectivity index (χ0v) is 12.6. The summed E-state index contributed by atoms with van der Waals surface area (Å²) in [6.07, 6.45) is 3.89. The van der Waals surface area contributed by atoms with Crippen molar-refractivity contribution in [2.45, 2.75) is 19.4 Å². The highest BCUT2D eigenvalue weighted by Crippen LogP contribution is 2.22. The average molecular weight is 341 g/mol. The normalized spacial score (nSPS) is 12.4. The largest absolute Gasteiger partial charge is 0.310 e. The van der Waals surface area contributed by atoms with Gasteiger partial charge >= 0.3 is 0 Å². The molecule has 20 heavy (non-hydrogen) atoms. The topological polar surface area (TPSA) is 24.9 Å². The monoisotopic (exact) mass is 340 g/mol. The van der Waals surface area contributed by atoms with E-state index in [1.807, 2.05) is 13.0 Å². The van der Waals surface area contributed by atoms with Crippen molar-refractivity contribution in [1.82, 2.24) is 10.3 Å². The molecular weight excluding hydrogens is 326 g/mol. The van der Waals surface area contributed by atoms with E-state index >= 15 is 0 Å². The summed E-state index contributed by atoms with van der Waals surface area (Å²) in [4.78, 5) is 4.12. The van der Waals surface area contributed by atoms with Crippen molar-refractivity contribution in [2.24, 2.45) is 0 Å². The van der Waals surface area contributed by atoms with E-state index in [0.29, 0.717) is 12.0 Å². The second kappa shape index (κ2) is 6.90. The van der Waals surface area contributed by atoms with Crippen molar-refractivity contribution >= 4 is 15.9 Å². The predicted molar refractivity (Wildman–Crippen MR) is 78.4 cm³/mol. The van der Waals surface area contributed by atoms with E-state index < -0.39 is 11.6 Å². The van der Waals surface area contributed by atoms with Gasteiger partial charge in [-0.3, -0.25) is 4.98 Å². The Kier molecular flexibility index (Phi) is 5.20. The molecular formula is C15H15BrF2N2. The van der Waals surface area contributed by atoms with Crippen LogP contribution in [-0.2, 0) is 6.42 Å². The van der Waals surface area contributed by atoms with Crippen molar-refractivity contribution in [3.05, 3.63) is 63.9 Å². The van der Waals surface area contributed by atoms with Crippen LogP contribution in [0.4, 0.5) is 8.78 Å². The van der Waals surface area contributed by atoms with Crippen LogP contribution in [0.2, 0.25) is 0 Å². The molecule has 1 unspecified atom stereocenters. The van der Waals surface area contributed by atoms with E-state index in [1.54, 1.807) is 12.4 Å². The zero-order chi connectivity index (χ0) is 14.5. The van der Waals surface area contributed by atoms with Gasteiger partial charge in [0.2, 0.25) is 0 Å². The molecule has 1 aromatic carbocycles. The molecule has 0 saturated heterocycles. The molecule has 0 aliphatic heterocycles. The molecule has 0 bridgehead atoms. The predicted octanol–water partition coefficient (Wildman–Crippen LogP) is 4.02. The van der Waals surface area contributed by atoms with Gasteiger partial charge in [0.1, 0.15) is 11.6 Å². The maximum Gasteiger partial charge on any atom is 0.129 e. The Morgan fingerprint density at radius 3 is 2.70 bits per heavy atom. The number of hydrogen-bond acceptors (Lipinski definition) is 2. The lowest BCUT2D eigenvalue weighted by molar-refractivity contribution is 0.520. The highest BCUT2D eigenvalue weighted by atomic mass is 79.9. The van der Waals surface area contributed by atoms with E-state index in [1.165, 1.54) is 12.1 Å². The first-order valence-electron chi connectivity index (χ1n) is 6.38. The number of nitrogens with one attached hydrogen (secondary N) is 1. The van der Waals surface area contributed by atoms with Crippen molar-refractivity contribution in [2.75, 3.05) is 6.54 Å². The zero-order valence-electron chi connectivity index (χ0n) is 11.0. The van der Waals surface area contributed by atoms with Crippen LogP contribution in [-0.4, -0.2) is 11.5 Å². The van der Waals surface area contributed by atoms with Crippen molar-refractivity contribution in [3.8, 4) is 0 Å². The van der Waals surface area contributed by atoms with Gasteiger partial charge in [0.05, 0.1) is 0 Å². The third-order valence-corrected chi connectivity index (χ3v) is 3.45. The Morgan fingerprint density at radius 1 is 1.25 bits per heavy atom. The first-order chi connectivity index (χ1) is 9.60. The van der Waals surface area contributed by atoms with Crippen LogP contribution in [0.15, 0.2) is 41.1 Å².